The Hall–Kier alpha value is -1.67. The van der Waals surface area contributed by atoms with E-state index in [4.69, 9.17) is 0 Å². The fourth-order valence-corrected chi connectivity index (χ4v) is 2.91. The van der Waals surface area contributed by atoms with Crippen LogP contribution >= 0.6 is 11.8 Å². The van der Waals surface area contributed by atoms with Crippen LogP contribution in [0.2, 0.25) is 0 Å². The lowest BCUT2D eigenvalue weighted by atomic mass is 10.2. The normalized spacial score (nSPS) is 10.9. The average molecular weight is 253 g/mol. The molecule has 0 unspecified atom stereocenters. The van der Waals surface area contributed by atoms with Gasteiger partial charge in [-0.15, -0.1) is 11.8 Å². The summed E-state index contributed by atoms with van der Waals surface area (Å²) in [6.45, 7) is 0.935. The van der Waals surface area contributed by atoms with Crippen molar-refractivity contribution in [3.8, 4) is 0 Å². The Labute approximate surface area is 111 Å². The van der Waals surface area contributed by atoms with Crippen LogP contribution in [-0.4, -0.2) is 10.8 Å². The summed E-state index contributed by atoms with van der Waals surface area (Å²) in [6, 6.07) is 21.5. The number of benzene rings is 2. The van der Waals surface area contributed by atoms with E-state index in [0.29, 0.717) is 0 Å². The molecular formula is C16H15NS. The maximum atomic E-state index is 2.38. The van der Waals surface area contributed by atoms with Gasteiger partial charge in [0.1, 0.15) is 0 Å². The lowest BCUT2D eigenvalue weighted by Crippen LogP contribution is -2.00. The summed E-state index contributed by atoms with van der Waals surface area (Å²) in [5, 5.41) is 2.64. The molecule has 3 rings (SSSR count). The van der Waals surface area contributed by atoms with Crippen molar-refractivity contribution in [1.29, 1.82) is 0 Å². The minimum absolute atomic E-state index is 0.935. The van der Waals surface area contributed by atoms with Gasteiger partial charge in [-0.25, -0.2) is 0 Å². The zero-order chi connectivity index (χ0) is 12.4. The Kier molecular flexibility index (Phi) is 3.11. The minimum atomic E-state index is 0.935. The number of hydrogen-bond donors (Lipinski definition) is 0. The number of nitrogens with zero attached hydrogens (tertiary/aromatic N) is 1. The smallest absolute Gasteiger partial charge is 0.0759 e. The largest absolute Gasteiger partial charge is 0.331 e. The number of rotatable bonds is 3. The lowest BCUT2D eigenvalue weighted by Gasteiger charge is -2.09. The quantitative estimate of drug-likeness (QED) is 0.626. The third kappa shape index (κ3) is 2.04. The molecule has 1 nitrogen and oxygen atoms in total. The van der Waals surface area contributed by atoms with Gasteiger partial charge in [0.2, 0.25) is 0 Å². The molecule has 2 aromatic carbocycles. The average Bonchev–Trinajstić information content (AvgIpc) is 2.78. The Morgan fingerprint density at radius 1 is 0.944 bits per heavy atom. The first-order valence-electron chi connectivity index (χ1n) is 6.04. The molecule has 0 radical (unpaired) electrons. The summed E-state index contributed by atoms with van der Waals surface area (Å²) >= 11 is 1.80. The van der Waals surface area contributed by atoms with Crippen LogP contribution in [0.25, 0.3) is 10.9 Å². The van der Waals surface area contributed by atoms with E-state index in [-0.39, 0.29) is 0 Å². The molecule has 0 N–H and O–H groups in total. The molecule has 0 saturated carbocycles. The van der Waals surface area contributed by atoms with Crippen molar-refractivity contribution in [3.63, 3.8) is 0 Å². The number of thioether (sulfide) groups is 1. The van der Waals surface area contributed by atoms with Crippen LogP contribution in [0.3, 0.4) is 0 Å². The molecule has 1 aromatic heterocycles. The highest BCUT2D eigenvalue weighted by atomic mass is 32.2. The van der Waals surface area contributed by atoms with Gasteiger partial charge in [0, 0.05) is 17.4 Å². The highest BCUT2D eigenvalue weighted by Crippen LogP contribution is 2.26. The zero-order valence-electron chi connectivity index (χ0n) is 10.3. The van der Waals surface area contributed by atoms with E-state index < -0.39 is 0 Å². The van der Waals surface area contributed by atoms with Crippen LogP contribution in [0.4, 0.5) is 0 Å². The Balaban J connectivity index is 2.10. The van der Waals surface area contributed by atoms with E-state index in [9.17, 15) is 0 Å². The second-order valence-electron chi connectivity index (χ2n) is 4.32. The SMILES string of the molecule is CSc1cc2ccccc2n1Cc1ccccc1. The number of fused-ring (bicyclic) bond motifs is 1. The van der Waals surface area contributed by atoms with Gasteiger partial charge in [-0.2, -0.15) is 0 Å². The molecular weight excluding hydrogens is 238 g/mol. The third-order valence-electron chi connectivity index (χ3n) is 3.17. The summed E-state index contributed by atoms with van der Waals surface area (Å²) in [4.78, 5) is 0. The number of aromatic nitrogens is 1. The molecule has 0 aliphatic heterocycles. The van der Waals surface area contributed by atoms with Crippen molar-refractivity contribution < 1.29 is 0 Å². The summed E-state index contributed by atoms with van der Waals surface area (Å²) in [7, 11) is 0. The first-order chi connectivity index (χ1) is 8.88. The maximum Gasteiger partial charge on any atom is 0.0759 e. The van der Waals surface area contributed by atoms with E-state index in [1.165, 1.54) is 21.5 Å². The molecule has 0 fully saturated rings. The zero-order valence-corrected chi connectivity index (χ0v) is 11.2. The number of para-hydroxylation sites is 1. The first kappa shape index (κ1) is 11.4. The first-order valence-corrected chi connectivity index (χ1v) is 7.27. The van der Waals surface area contributed by atoms with Gasteiger partial charge in [0.25, 0.3) is 0 Å². The van der Waals surface area contributed by atoms with Gasteiger partial charge in [0.05, 0.1) is 5.03 Å². The molecule has 0 bridgehead atoms. The molecule has 18 heavy (non-hydrogen) atoms. The molecule has 0 saturated heterocycles. The van der Waals surface area contributed by atoms with E-state index in [2.05, 4.69) is 71.5 Å². The summed E-state index contributed by atoms with van der Waals surface area (Å²) in [6.07, 6.45) is 2.13. The summed E-state index contributed by atoms with van der Waals surface area (Å²) < 4.78 is 2.38. The Morgan fingerprint density at radius 2 is 1.67 bits per heavy atom. The Morgan fingerprint density at radius 3 is 2.44 bits per heavy atom. The topological polar surface area (TPSA) is 4.93 Å². The Bertz CT molecular complexity index is 655. The van der Waals surface area contributed by atoms with Crippen molar-refractivity contribution in [3.05, 3.63) is 66.2 Å². The molecule has 0 spiro atoms. The van der Waals surface area contributed by atoms with Gasteiger partial charge in [-0.05, 0) is 24.0 Å². The van der Waals surface area contributed by atoms with Crippen LogP contribution < -0.4 is 0 Å². The van der Waals surface area contributed by atoms with Crippen LogP contribution in [-0.2, 0) is 6.54 Å². The summed E-state index contributed by atoms with van der Waals surface area (Å²) in [5.41, 5.74) is 2.65. The molecule has 2 heteroatoms. The van der Waals surface area contributed by atoms with Gasteiger partial charge in [-0.1, -0.05) is 48.5 Å². The number of hydrogen-bond acceptors (Lipinski definition) is 1. The molecule has 3 aromatic rings. The van der Waals surface area contributed by atoms with Crippen molar-refractivity contribution in [2.24, 2.45) is 0 Å². The molecule has 0 atom stereocenters. The van der Waals surface area contributed by atoms with Crippen molar-refractivity contribution >= 4 is 22.7 Å². The van der Waals surface area contributed by atoms with E-state index >= 15 is 0 Å². The molecule has 1 heterocycles. The van der Waals surface area contributed by atoms with Gasteiger partial charge in [-0.3, -0.25) is 0 Å². The van der Waals surface area contributed by atoms with E-state index in [0.717, 1.165) is 6.54 Å². The maximum absolute atomic E-state index is 2.38. The predicted molar refractivity (Wildman–Crippen MR) is 79.3 cm³/mol. The predicted octanol–water partition coefficient (Wildman–Crippen LogP) is 4.41. The van der Waals surface area contributed by atoms with Gasteiger partial charge >= 0.3 is 0 Å². The van der Waals surface area contributed by atoms with Crippen LogP contribution in [0.15, 0.2) is 65.7 Å². The fourth-order valence-electron chi connectivity index (χ4n) is 2.28. The summed E-state index contributed by atoms with van der Waals surface area (Å²) in [5.74, 6) is 0. The van der Waals surface area contributed by atoms with Crippen LogP contribution in [0.5, 0.6) is 0 Å². The van der Waals surface area contributed by atoms with E-state index in [1.54, 1.807) is 11.8 Å². The van der Waals surface area contributed by atoms with Crippen molar-refractivity contribution in [1.82, 2.24) is 4.57 Å². The van der Waals surface area contributed by atoms with Crippen LogP contribution in [0.1, 0.15) is 5.56 Å². The molecule has 0 amide bonds. The highest BCUT2D eigenvalue weighted by Gasteiger charge is 2.07. The standard InChI is InChI=1S/C16H15NS/c1-18-16-11-14-9-5-6-10-15(14)17(16)12-13-7-3-2-4-8-13/h2-11H,12H2,1H3. The molecule has 0 aliphatic carbocycles. The van der Waals surface area contributed by atoms with Gasteiger partial charge < -0.3 is 4.57 Å². The third-order valence-corrected chi connectivity index (χ3v) is 3.92. The second kappa shape index (κ2) is 4.91. The molecule has 0 aliphatic rings. The second-order valence-corrected chi connectivity index (χ2v) is 5.14. The monoisotopic (exact) mass is 253 g/mol. The van der Waals surface area contributed by atoms with Crippen molar-refractivity contribution in [2.45, 2.75) is 11.6 Å². The van der Waals surface area contributed by atoms with E-state index in [1.807, 2.05) is 0 Å². The lowest BCUT2D eigenvalue weighted by molar-refractivity contribution is 0.762. The van der Waals surface area contributed by atoms with Crippen molar-refractivity contribution in [2.75, 3.05) is 6.26 Å². The molecule has 90 valence electrons. The van der Waals surface area contributed by atoms with Crippen LogP contribution in [0, 0.1) is 0 Å². The fraction of sp³-hybridized carbons (Fsp3) is 0.125. The van der Waals surface area contributed by atoms with Gasteiger partial charge in [0.15, 0.2) is 0 Å². The minimum Gasteiger partial charge on any atom is -0.331 e. The highest BCUT2D eigenvalue weighted by molar-refractivity contribution is 7.98.